The third-order valence-corrected chi connectivity index (χ3v) is 5.33. The molecule has 0 spiro atoms. The van der Waals surface area contributed by atoms with Gasteiger partial charge in [0.2, 0.25) is 11.0 Å². The molecule has 1 amide bonds. The zero-order chi connectivity index (χ0) is 19.9. The zero-order valence-electron chi connectivity index (χ0n) is 15.8. The van der Waals surface area contributed by atoms with Gasteiger partial charge in [0.05, 0.1) is 7.11 Å². The van der Waals surface area contributed by atoms with Crippen LogP contribution in [0, 0.1) is 4.77 Å². The maximum absolute atomic E-state index is 12.5. The minimum absolute atomic E-state index is 0.0292. The van der Waals surface area contributed by atoms with Crippen molar-refractivity contribution in [1.29, 1.82) is 0 Å². The maximum Gasteiger partial charge on any atom is 0.246 e. The van der Waals surface area contributed by atoms with E-state index >= 15 is 0 Å². The van der Waals surface area contributed by atoms with Gasteiger partial charge in [0.25, 0.3) is 0 Å². The molecule has 8 nitrogen and oxygen atoms in total. The first-order valence-corrected chi connectivity index (χ1v) is 10.2. The van der Waals surface area contributed by atoms with Crippen LogP contribution in [0.2, 0.25) is 0 Å². The van der Waals surface area contributed by atoms with Gasteiger partial charge in [0.1, 0.15) is 17.3 Å². The summed E-state index contributed by atoms with van der Waals surface area (Å²) >= 11 is 6.69. The Morgan fingerprint density at radius 2 is 2.07 bits per heavy atom. The Morgan fingerprint density at radius 1 is 1.29 bits per heavy atom. The molecule has 10 heteroatoms. The molecule has 0 atom stereocenters. The summed E-state index contributed by atoms with van der Waals surface area (Å²) in [5.41, 5.74) is 0.829. The van der Waals surface area contributed by atoms with E-state index in [1.165, 1.54) is 11.3 Å². The summed E-state index contributed by atoms with van der Waals surface area (Å²) in [5, 5.41) is 19.4. The van der Waals surface area contributed by atoms with Crippen molar-refractivity contribution < 1.29 is 9.53 Å². The molecule has 0 aliphatic rings. The predicted octanol–water partition coefficient (Wildman–Crippen LogP) is 3.84. The number of anilines is 1. The highest BCUT2D eigenvalue weighted by Gasteiger charge is 2.14. The molecule has 0 saturated carbocycles. The number of amides is 1. The number of methoxy groups -OCH3 is 1. The third-order valence-electron chi connectivity index (χ3n) is 4.12. The Bertz CT molecular complexity index is 977. The number of hydrogen-bond donors (Lipinski definition) is 2. The fourth-order valence-electron chi connectivity index (χ4n) is 2.66. The molecule has 148 valence electrons. The Kier molecular flexibility index (Phi) is 6.88. The van der Waals surface area contributed by atoms with Gasteiger partial charge in [-0.15, -0.1) is 10.2 Å². The molecule has 0 bridgehead atoms. The van der Waals surface area contributed by atoms with E-state index in [1.807, 2.05) is 24.3 Å². The van der Waals surface area contributed by atoms with Gasteiger partial charge < -0.3 is 4.74 Å². The molecule has 0 aliphatic carbocycles. The second kappa shape index (κ2) is 9.56. The van der Waals surface area contributed by atoms with Crippen LogP contribution in [-0.2, 0) is 17.8 Å². The number of hydrogen-bond acceptors (Lipinski definition) is 7. The van der Waals surface area contributed by atoms with Crippen LogP contribution in [0.5, 0.6) is 5.75 Å². The Hall–Kier alpha value is -2.59. The number of unbranched alkanes of at least 4 members (excludes halogenated alkanes) is 2. The number of aryl methyl sites for hydroxylation is 1. The number of carbonyl (C=O) groups is 1. The first-order chi connectivity index (χ1) is 13.6. The van der Waals surface area contributed by atoms with Crippen molar-refractivity contribution >= 4 is 34.6 Å². The van der Waals surface area contributed by atoms with E-state index in [0.717, 1.165) is 42.0 Å². The number of aromatic nitrogens is 5. The topological polar surface area (TPSA) is 97.7 Å². The van der Waals surface area contributed by atoms with Crippen molar-refractivity contribution in [2.75, 3.05) is 12.4 Å². The summed E-state index contributed by atoms with van der Waals surface area (Å²) in [6, 6.07) is 7.40. The van der Waals surface area contributed by atoms with Crippen LogP contribution in [-0.4, -0.2) is 38.0 Å². The third kappa shape index (κ3) is 5.02. The smallest absolute Gasteiger partial charge is 0.246 e. The van der Waals surface area contributed by atoms with Gasteiger partial charge in [-0.25, -0.2) is 0 Å². The van der Waals surface area contributed by atoms with Gasteiger partial charge in [-0.3, -0.25) is 19.8 Å². The van der Waals surface area contributed by atoms with Crippen molar-refractivity contribution in [2.45, 2.75) is 39.2 Å². The van der Waals surface area contributed by atoms with Crippen molar-refractivity contribution in [3.05, 3.63) is 34.0 Å². The van der Waals surface area contributed by atoms with Gasteiger partial charge >= 0.3 is 0 Å². The van der Waals surface area contributed by atoms with Crippen LogP contribution < -0.4 is 10.1 Å². The monoisotopic (exact) mass is 418 g/mol. The largest absolute Gasteiger partial charge is 0.497 e. The lowest BCUT2D eigenvalue weighted by atomic mass is 10.2. The molecular weight excluding hydrogens is 396 g/mol. The molecule has 0 fully saturated rings. The zero-order valence-corrected chi connectivity index (χ0v) is 17.4. The summed E-state index contributed by atoms with van der Waals surface area (Å²) in [6.07, 6.45) is 4.28. The number of H-pyrrole nitrogens is 1. The van der Waals surface area contributed by atoms with Crippen molar-refractivity contribution in [1.82, 2.24) is 25.0 Å². The van der Waals surface area contributed by atoms with Gasteiger partial charge in [-0.1, -0.05) is 31.1 Å². The second-order valence-electron chi connectivity index (χ2n) is 6.17. The number of benzene rings is 1. The van der Waals surface area contributed by atoms with Gasteiger partial charge in [-0.05, 0) is 42.9 Å². The summed E-state index contributed by atoms with van der Waals surface area (Å²) in [7, 11) is 1.61. The number of nitrogens with one attached hydrogen (secondary N) is 2. The molecule has 28 heavy (non-hydrogen) atoms. The average molecular weight is 419 g/mol. The molecule has 0 radical (unpaired) electrons. The van der Waals surface area contributed by atoms with E-state index < -0.39 is 0 Å². The van der Waals surface area contributed by atoms with Crippen molar-refractivity contribution in [3.8, 4) is 17.1 Å². The fraction of sp³-hybridized carbons (Fsp3) is 0.389. The number of rotatable bonds is 9. The lowest BCUT2D eigenvalue weighted by Gasteiger charge is -2.07. The Morgan fingerprint density at radius 3 is 2.79 bits per heavy atom. The molecule has 0 unspecified atom stereocenters. The first kappa shape index (κ1) is 20.2. The first-order valence-electron chi connectivity index (χ1n) is 9.02. The average Bonchev–Trinajstić information content (AvgIpc) is 3.29. The van der Waals surface area contributed by atoms with Gasteiger partial charge in [0.15, 0.2) is 10.6 Å². The molecule has 3 rings (SSSR count). The number of ether oxygens (including phenoxy) is 1. The Labute approximate surface area is 172 Å². The predicted molar refractivity (Wildman–Crippen MR) is 111 cm³/mol. The summed E-state index contributed by atoms with van der Waals surface area (Å²) in [4.78, 5) is 12.5. The normalized spacial score (nSPS) is 10.8. The number of aromatic amines is 1. The maximum atomic E-state index is 12.5. The molecule has 0 saturated heterocycles. The van der Waals surface area contributed by atoms with E-state index in [9.17, 15) is 4.79 Å². The van der Waals surface area contributed by atoms with E-state index in [2.05, 4.69) is 32.6 Å². The standard InChI is InChI=1S/C18H22N6O2S2/c1-3-4-5-6-15-20-22-17(28-15)19-14(25)11-24-16(21-23-18(24)27)12-7-9-13(26-2)10-8-12/h7-10H,3-6,11H2,1-2H3,(H,23,27)(H,19,22,25). The quantitative estimate of drug-likeness (QED) is 0.405. The molecule has 1 aromatic carbocycles. The van der Waals surface area contributed by atoms with Crippen LogP contribution in [0.1, 0.15) is 31.2 Å². The molecular formula is C18H22N6O2S2. The van der Waals surface area contributed by atoms with Gasteiger partial charge in [0, 0.05) is 12.0 Å². The van der Waals surface area contributed by atoms with E-state index in [-0.39, 0.29) is 12.5 Å². The molecule has 2 heterocycles. The summed E-state index contributed by atoms with van der Waals surface area (Å²) in [6.45, 7) is 2.19. The molecule has 3 aromatic rings. The SMILES string of the molecule is CCCCCc1nnc(NC(=O)Cn2c(-c3ccc(OC)cc3)n[nH]c2=S)s1. The van der Waals surface area contributed by atoms with Gasteiger partial charge in [-0.2, -0.15) is 5.10 Å². The highest BCUT2D eigenvalue weighted by atomic mass is 32.1. The van der Waals surface area contributed by atoms with Crippen LogP contribution in [0.3, 0.4) is 0 Å². The molecule has 2 N–H and O–H groups in total. The van der Waals surface area contributed by atoms with E-state index in [4.69, 9.17) is 17.0 Å². The Balaban J connectivity index is 1.67. The second-order valence-corrected chi connectivity index (χ2v) is 7.62. The molecule has 0 aliphatic heterocycles. The minimum Gasteiger partial charge on any atom is -0.497 e. The summed E-state index contributed by atoms with van der Waals surface area (Å²) < 4.78 is 7.19. The van der Waals surface area contributed by atoms with Crippen LogP contribution in [0.15, 0.2) is 24.3 Å². The number of nitrogens with zero attached hydrogens (tertiary/aromatic N) is 4. The highest BCUT2D eigenvalue weighted by molar-refractivity contribution is 7.71. The minimum atomic E-state index is -0.233. The molecule has 2 aromatic heterocycles. The number of carbonyl (C=O) groups excluding carboxylic acids is 1. The lowest BCUT2D eigenvalue weighted by molar-refractivity contribution is -0.116. The lowest BCUT2D eigenvalue weighted by Crippen LogP contribution is -2.19. The van der Waals surface area contributed by atoms with E-state index in [0.29, 0.717) is 15.7 Å². The van der Waals surface area contributed by atoms with Crippen molar-refractivity contribution in [2.24, 2.45) is 0 Å². The van der Waals surface area contributed by atoms with Crippen LogP contribution in [0.4, 0.5) is 5.13 Å². The van der Waals surface area contributed by atoms with E-state index in [1.54, 1.807) is 11.7 Å². The fourth-order valence-corrected chi connectivity index (χ4v) is 3.65. The highest BCUT2D eigenvalue weighted by Crippen LogP contribution is 2.21. The van der Waals surface area contributed by atoms with Crippen LogP contribution in [0.25, 0.3) is 11.4 Å². The van der Waals surface area contributed by atoms with Crippen LogP contribution >= 0.6 is 23.6 Å². The van der Waals surface area contributed by atoms with Crippen molar-refractivity contribution in [3.63, 3.8) is 0 Å². The summed E-state index contributed by atoms with van der Waals surface area (Å²) in [5.74, 6) is 1.09.